The van der Waals surface area contributed by atoms with Crippen molar-refractivity contribution < 1.29 is 0 Å². The van der Waals surface area contributed by atoms with Crippen molar-refractivity contribution in [2.75, 3.05) is 0 Å². The molecule has 0 bridgehead atoms. The molecule has 0 atom stereocenters. The van der Waals surface area contributed by atoms with E-state index in [9.17, 15) is 0 Å². The molecule has 4 nitrogen and oxygen atoms in total. The van der Waals surface area contributed by atoms with Crippen LogP contribution in [0.15, 0.2) is 485 Å². The predicted molar refractivity (Wildman–Crippen MR) is 525 cm³/mol. The van der Waals surface area contributed by atoms with Gasteiger partial charge in [-0.25, -0.2) is 0 Å². The Morgan fingerprint density at radius 3 is 0.621 bits per heavy atom. The van der Waals surface area contributed by atoms with Gasteiger partial charge in [0.25, 0.3) is 0 Å². The first-order valence-electron chi connectivity index (χ1n) is 42.7. The number of para-hydroxylation sites is 6. The van der Waals surface area contributed by atoms with E-state index in [0.29, 0.717) is 0 Å². The number of hydrogen-bond donors (Lipinski definition) is 0. The van der Waals surface area contributed by atoms with Crippen LogP contribution in [-0.4, -0.2) is 18.3 Å². The molecule has 0 amide bonds. The minimum Gasteiger partial charge on any atom is -0.309 e. The second-order valence-electron chi connectivity index (χ2n) is 32.2. The molecule has 24 rings (SSSR count). The van der Waals surface area contributed by atoms with Crippen LogP contribution < -0.4 is 0 Å². The molecule has 580 valence electrons. The fourth-order valence-electron chi connectivity index (χ4n) is 19.3. The van der Waals surface area contributed by atoms with E-state index < -0.39 is 0 Å². The summed E-state index contributed by atoms with van der Waals surface area (Å²) in [6.45, 7) is 0. The quantitative estimate of drug-likeness (QED) is 0.103. The lowest BCUT2D eigenvalue weighted by Crippen LogP contribution is -1.96. The third-order valence-electron chi connectivity index (χ3n) is 25.0. The molecular weight excluding hydrogens is 1500 g/mol. The summed E-state index contributed by atoms with van der Waals surface area (Å²) in [4.78, 5) is 0. The van der Waals surface area contributed by atoms with Crippen molar-refractivity contribution in [1.82, 2.24) is 18.3 Å². The Hall–Kier alpha value is -16.4. The van der Waals surface area contributed by atoms with Crippen LogP contribution >= 0.6 is 0 Å². The van der Waals surface area contributed by atoms with Gasteiger partial charge in [0.05, 0.1) is 44.1 Å². The van der Waals surface area contributed by atoms with E-state index in [4.69, 9.17) is 0 Å². The maximum absolute atomic E-state index is 2.44. The highest BCUT2D eigenvalue weighted by molar-refractivity contribution is 6.15. The number of nitrogens with zero attached hydrogens (tertiary/aromatic N) is 4. The van der Waals surface area contributed by atoms with Crippen LogP contribution in [0.5, 0.6) is 0 Å². The van der Waals surface area contributed by atoms with Gasteiger partial charge in [0.15, 0.2) is 0 Å². The van der Waals surface area contributed by atoms with Crippen LogP contribution in [0.3, 0.4) is 0 Å². The third-order valence-corrected chi connectivity index (χ3v) is 25.0. The molecule has 0 aliphatic carbocycles. The minimum atomic E-state index is 1.14. The van der Waals surface area contributed by atoms with Crippen molar-refractivity contribution >= 4 is 87.2 Å². The van der Waals surface area contributed by atoms with Gasteiger partial charge in [-0.3, -0.25) is 0 Å². The summed E-state index contributed by atoms with van der Waals surface area (Å²) in [6, 6.07) is 177. The van der Waals surface area contributed by atoms with E-state index in [1.54, 1.807) is 0 Å². The van der Waals surface area contributed by atoms with Gasteiger partial charge >= 0.3 is 0 Å². The van der Waals surface area contributed by atoms with Crippen molar-refractivity contribution in [2.45, 2.75) is 0 Å². The average molecular weight is 1580 g/mol. The van der Waals surface area contributed by atoms with Crippen LogP contribution in [0.4, 0.5) is 0 Å². The maximum atomic E-state index is 2.44. The third kappa shape index (κ3) is 13.0. The molecule has 20 aromatic carbocycles. The average Bonchev–Trinajstić information content (AvgIpc) is 1.58. The van der Waals surface area contributed by atoms with E-state index >= 15 is 0 Å². The summed E-state index contributed by atoms with van der Waals surface area (Å²) in [6.07, 6.45) is 0. The Bertz CT molecular complexity index is 8080. The van der Waals surface area contributed by atoms with Crippen molar-refractivity contribution in [3.63, 3.8) is 0 Å². The zero-order valence-electron chi connectivity index (χ0n) is 68.0. The van der Waals surface area contributed by atoms with Gasteiger partial charge in [-0.2, -0.15) is 0 Å². The Kier molecular flexibility index (Phi) is 18.2. The highest BCUT2D eigenvalue weighted by Crippen LogP contribution is 2.47. The Balaban J connectivity index is 0.000000143. The number of fused-ring (bicyclic) bond motifs is 12. The first-order valence-corrected chi connectivity index (χ1v) is 42.7. The highest BCUT2D eigenvalue weighted by atomic mass is 15.0. The summed E-state index contributed by atoms with van der Waals surface area (Å²) < 4.78 is 9.64. The molecule has 0 aliphatic rings. The summed E-state index contributed by atoms with van der Waals surface area (Å²) in [5.41, 5.74) is 38.2. The molecule has 0 radical (unpaired) electrons. The van der Waals surface area contributed by atoms with E-state index in [1.165, 1.54) is 210 Å². The van der Waals surface area contributed by atoms with Crippen LogP contribution in [0, 0.1) is 0 Å². The molecule has 0 saturated heterocycles. The number of benzene rings is 20. The van der Waals surface area contributed by atoms with Crippen molar-refractivity contribution in [2.24, 2.45) is 0 Å². The molecule has 4 aromatic heterocycles. The topological polar surface area (TPSA) is 19.7 Å². The molecular formula is C120H80N4. The van der Waals surface area contributed by atoms with Gasteiger partial charge in [0.1, 0.15) is 0 Å². The Morgan fingerprint density at radius 1 is 0.0968 bits per heavy atom. The van der Waals surface area contributed by atoms with Gasteiger partial charge in [0.2, 0.25) is 0 Å². The highest BCUT2D eigenvalue weighted by Gasteiger charge is 2.23. The summed E-state index contributed by atoms with van der Waals surface area (Å²) in [5, 5.41) is 9.94. The molecule has 0 aliphatic heterocycles. The summed E-state index contributed by atoms with van der Waals surface area (Å²) >= 11 is 0. The van der Waals surface area contributed by atoms with E-state index in [1.807, 2.05) is 0 Å². The normalized spacial score (nSPS) is 11.5. The Labute approximate surface area is 719 Å². The molecule has 0 saturated carbocycles. The molecule has 0 unspecified atom stereocenters. The molecule has 24 aromatic rings. The molecule has 4 heteroatoms. The van der Waals surface area contributed by atoms with Gasteiger partial charge in [0, 0.05) is 65.8 Å². The largest absolute Gasteiger partial charge is 0.309 e. The standard InChI is InChI=1S/2C60H40N2/c1-4-18-41(19-5-1)45-36-46(42-20-6-2-7-21-42)38-48(37-45)62-58-31-17-15-29-54(58)56-40-44(33-35-60(56)62)50-25-11-13-27-52(50)51-26-12-10-24-49(51)43-32-34-59-55(39-43)53-28-14-16-30-57(53)61(59)47-22-8-3-9-23-47;1-4-17-41(18-5-1)47-36-48(42-19-6-2-7-20-42)38-50(37-47)62-58-30-15-13-28-54(58)56-40-46(32-34-60(56)62)52-26-11-10-25-51(52)45-22-16-21-43(35-45)44-31-33-59-55(39-44)53-27-12-14-29-57(53)61(59)49-23-8-3-9-24-49/h2*1-40H. The minimum absolute atomic E-state index is 1.14. The number of rotatable bonds is 14. The van der Waals surface area contributed by atoms with Crippen LogP contribution in [0.1, 0.15) is 0 Å². The van der Waals surface area contributed by atoms with Gasteiger partial charge in [-0.1, -0.05) is 346 Å². The van der Waals surface area contributed by atoms with Gasteiger partial charge in [-0.05, 0) is 251 Å². The van der Waals surface area contributed by atoms with Crippen LogP contribution in [0.25, 0.3) is 221 Å². The van der Waals surface area contributed by atoms with Crippen molar-refractivity contribution in [3.05, 3.63) is 485 Å². The lowest BCUT2D eigenvalue weighted by molar-refractivity contribution is 1.18. The van der Waals surface area contributed by atoms with Crippen LogP contribution in [0.2, 0.25) is 0 Å². The van der Waals surface area contributed by atoms with E-state index in [-0.39, 0.29) is 0 Å². The van der Waals surface area contributed by atoms with E-state index in [2.05, 4.69) is 504 Å². The lowest BCUT2D eigenvalue weighted by Gasteiger charge is -2.16. The molecule has 0 N–H and O–H groups in total. The van der Waals surface area contributed by atoms with Crippen molar-refractivity contribution in [3.8, 4) is 134 Å². The Morgan fingerprint density at radius 2 is 0.298 bits per heavy atom. The number of aromatic nitrogens is 4. The molecule has 4 heterocycles. The first-order chi connectivity index (χ1) is 61.5. The van der Waals surface area contributed by atoms with E-state index in [0.717, 1.165) is 11.4 Å². The smallest absolute Gasteiger partial charge is 0.0541 e. The fraction of sp³-hybridized carbons (Fsp3) is 0. The molecule has 0 spiro atoms. The van der Waals surface area contributed by atoms with Crippen LogP contribution in [-0.2, 0) is 0 Å². The molecule has 0 fully saturated rings. The van der Waals surface area contributed by atoms with Gasteiger partial charge in [-0.15, -0.1) is 0 Å². The monoisotopic (exact) mass is 1580 g/mol. The second kappa shape index (κ2) is 31.1. The summed E-state index contributed by atoms with van der Waals surface area (Å²) in [7, 11) is 0. The molecule has 124 heavy (non-hydrogen) atoms. The SMILES string of the molecule is c1ccc(-c2cc(-c3ccccc3)cc(-n3c4ccccc4c4cc(-c5ccccc5-c5cccc(-c6ccc7c(c6)c6ccccc6n7-c6ccccc6)c5)ccc43)c2)cc1.c1ccc(-c2cc(-c3ccccc3)cc(-n3c4ccccc4c4cc(-c5ccccc5-c5ccccc5-c5ccc6c(c5)c5ccccc5n6-c5ccccc5)ccc43)c2)cc1. The van der Waals surface area contributed by atoms with Crippen molar-refractivity contribution in [1.29, 1.82) is 0 Å². The zero-order valence-corrected chi connectivity index (χ0v) is 68.0. The van der Waals surface area contributed by atoms with Gasteiger partial charge < -0.3 is 18.3 Å². The second-order valence-corrected chi connectivity index (χ2v) is 32.2. The maximum Gasteiger partial charge on any atom is 0.0541 e. The first kappa shape index (κ1) is 72.8. The number of hydrogen-bond acceptors (Lipinski definition) is 0. The predicted octanol–water partition coefficient (Wildman–Crippen LogP) is 32.4. The fourth-order valence-corrected chi connectivity index (χ4v) is 19.3. The summed E-state index contributed by atoms with van der Waals surface area (Å²) in [5.74, 6) is 0. The lowest BCUT2D eigenvalue weighted by atomic mass is 9.89. The zero-order chi connectivity index (χ0) is 82.0.